The van der Waals surface area contributed by atoms with Gasteiger partial charge in [-0.3, -0.25) is 0 Å². The maximum Gasteiger partial charge on any atom is 0.0835 e. The SMILES string of the molecule is C=C1CCC2C3C(CC[C@]12C)[C@@]1(C)CCCCC1[C@@H](O)[C@@H]3O. The fraction of sp³-hybridized carbons (Fsp3) is 0.900. The molecule has 0 radical (unpaired) electrons. The lowest BCUT2D eigenvalue weighted by atomic mass is 9.44. The van der Waals surface area contributed by atoms with Crippen molar-refractivity contribution in [3.8, 4) is 0 Å². The van der Waals surface area contributed by atoms with Crippen molar-refractivity contribution in [3.63, 3.8) is 0 Å². The molecule has 4 aliphatic carbocycles. The molecule has 2 N–H and O–H groups in total. The zero-order chi connectivity index (χ0) is 15.7. The summed E-state index contributed by atoms with van der Waals surface area (Å²) in [4.78, 5) is 0. The van der Waals surface area contributed by atoms with E-state index >= 15 is 0 Å². The Morgan fingerprint density at radius 1 is 0.909 bits per heavy atom. The minimum atomic E-state index is -0.517. The van der Waals surface area contributed by atoms with Crippen LogP contribution in [0, 0.1) is 34.5 Å². The molecule has 4 unspecified atom stereocenters. The van der Waals surface area contributed by atoms with Crippen molar-refractivity contribution in [2.75, 3.05) is 0 Å². The van der Waals surface area contributed by atoms with E-state index < -0.39 is 12.2 Å². The van der Waals surface area contributed by atoms with E-state index in [0.29, 0.717) is 17.8 Å². The molecule has 0 amide bonds. The van der Waals surface area contributed by atoms with E-state index in [1.54, 1.807) is 0 Å². The van der Waals surface area contributed by atoms with Crippen molar-refractivity contribution in [2.45, 2.75) is 77.4 Å². The second kappa shape index (κ2) is 4.83. The molecule has 22 heavy (non-hydrogen) atoms. The van der Waals surface area contributed by atoms with E-state index in [4.69, 9.17) is 0 Å². The number of fused-ring (bicyclic) bond motifs is 5. The van der Waals surface area contributed by atoms with Crippen LogP contribution in [-0.4, -0.2) is 22.4 Å². The van der Waals surface area contributed by atoms with Gasteiger partial charge in [0.1, 0.15) is 0 Å². The number of hydrogen-bond acceptors (Lipinski definition) is 2. The highest BCUT2D eigenvalue weighted by molar-refractivity contribution is 5.22. The maximum atomic E-state index is 11.0. The first kappa shape index (κ1) is 15.2. The third kappa shape index (κ3) is 1.74. The lowest BCUT2D eigenvalue weighted by molar-refractivity contribution is -0.209. The monoisotopic (exact) mass is 304 g/mol. The summed E-state index contributed by atoms with van der Waals surface area (Å²) in [6.07, 6.45) is 8.58. The van der Waals surface area contributed by atoms with Gasteiger partial charge in [-0.05, 0) is 73.0 Å². The molecule has 0 bridgehead atoms. The standard InChI is InChI=1S/C20H32O2/c1-12-7-8-13-16-14(9-11-19(12,13)2)20(3)10-5-4-6-15(20)17(21)18(16)22/h13-18,21-22H,1,4-11H2,2-3H3/t13?,14?,15?,16?,17-,18-,19-,20-/m1/s1. The average Bonchev–Trinajstić information content (AvgIpc) is 2.80. The van der Waals surface area contributed by atoms with E-state index in [0.717, 1.165) is 12.8 Å². The van der Waals surface area contributed by atoms with Crippen molar-refractivity contribution in [3.05, 3.63) is 12.2 Å². The van der Waals surface area contributed by atoms with Crippen molar-refractivity contribution >= 4 is 0 Å². The highest BCUT2D eigenvalue weighted by Gasteiger charge is 2.63. The fourth-order valence-corrected chi connectivity index (χ4v) is 7.22. The fourth-order valence-electron chi connectivity index (χ4n) is 7.22. The second-order valence-corrected chi connectivity index (χ2v) is 9.23. The van der Waals surface area contributed by atoms with Crippen LogP contribution in [0.15, 0.2) is 12.2 Å². The zero-order valence-corrected chi connectivity index (χ0v) is 14.2. The van der Waals surface area contributed by atoms with Gasteiger partial charge in [-0.25, -0.2) is 0 Å². The maximum absolute atomic E-state index is 11.0. The Kier molecular flexibility index (Phi) is 3.34. The van der Waals surface area contributed by atoms with Crippen LogP contribution in [0.25, 0.3) is 0 Å². The number of aliphatic hydroxyl groups is 2. The Bertz CT molecular complexity index is 486. The topological polar surface area (TPSA) is 40.5 Å². The van der Waals surface area contributed by atoms with Gasteiger partial charge < -0.3 is 10.2 Å². The molecule has 0 aliphatic heterocycles. The smallest absolute Gasteiger partial charge is 0.0835 e. The number of rotatable bonds is 0. The largest absolute Gasteiger partial charge is 0.390 e. The quantitative estimate of drug-likeness (QED) is 0.666. The third-order valence-corrected chi connectivity index (χ3v) is 8.62. The van der Waals surface area contributed by atoms with E-state index in [-0.39, 0.29) is 16.7 Å². The molecular weight excluding hydrogens is 272 g/mol. The first-order chi connectivity index (χ1) is 10.4. The lowest BCUT2D eigenvalue weighted by Crippen LogP contribution is -2.62. The Morgan fingerprint density at radius 2 is 1.68 bits per heavy atom. The number of aliphatic hydroxyl groups excluding tert-OH is 2. The first-order valence-electron chi connectivity index (χ1n) is 9.44. The van der Waals surface area contributed by atoms with Gasteiger partial charge in [0.15, 0.2) is 0 Å². The van der Waals surface area contributed by atoms with Crippen molar-refractivity contribution in [1.29, 1.82) is 0 Å². The van der Waals surface area contributed by atoms with Gasteiger partial charge in [-0.2, -0.15) is 0 Å². The summed E-state index contributed by atoms with van der Waals surface area (Å²) in [6, 6.07) is 0. The third-order valence-electron chi connectivity index (χ3n) is 8.62. The molecule has 0 heterocycles. The summed E-state index contributed by atoms with van der Waals surface area (Å²) in [5.41, 5.74) is 1.85. The lowest BCUT2D eigenvalue weighted by Gasteiger charge is -2.62. The normalized spacial score (nSPS) is 57.9. The molecule has 2 nitrogen and oxygen atoms in total. The predicted octanol–water partition coefficient (Wildman–Crippen LogP) is 3.92. The van der Waals surface area contributed by atoms with Crippen LogP contribution in [0.3, 0.4) is 0 Å². The predicted molar refractivity (Wildman–Crippen MR) is 88.3 cm³/mol. The molecular formula is C20H32O2. The summed E-state index contributed by atoms with van der Waals surface area (Å²) in [5.74, 6) is 1.72. The molecule has 124 valence electrons. The number of hydrogen-bond donors (Lipinski definition) is 2. The first-order valence-corrected chi connectivity index (χ1v) is 9.44. The van der Waals surface area contributed by atoms with Gasteiger partial charge in [0, 0.05) is 0 Å². The molecule has 8 atom stereocenters. The zero-order valence-electron chi connectivity index (χ0n) is 14.2. The van der Waals surface area contributed by atoms with Gasteiger partial charge in [0.05, 0.1) is 12.2 Å². The Morgan fingerprint density at radius 3 is 2.45 bits per heavy atom. The summed E-state index contributed by atoms with van der Waals surface area (Å²) < 4.78 is 0. The molecule has 0 aromatic rings. The minimum absolute atomic E-state index is 0.208. The van der Waals surface area contributed by atoms with Crippen molar-refractivity contribution < 1.29 is 10.2 Å². The summed E-state index contributed by atoms with van der Waals surface area (Å²) in [7, 11) is 0. The highest BCUT2D eigenvalue weighted by Crippen LogP contribution is 2.67. The Hall–Kier alpha value is -0.340. The van der Waals surface area contributed by atoms with E-state index in [1.165, 1.54) is 44.1 Å². The van der Waals surface area contributed by atoms with Crippen LogP contribution in [-0.2, 0) is 0 Å². The molecule has 0 saturated heterocycles. The van der Waals surface area contributed by atoms with Crippen LogP contribution < -0.4 is 0 Å². The Labute approximate surface area is 135 Å². The van der Waals surface area contributed by atoms with Gasteiger partial charge in [0.2, 0.25) is 0 Å². The number of allylic oxidation sites excluding steroid dienone is 1. The highest BCUT2D eigenvalue weighted by atomic mass is 16.3. The molecule has 4 rings (SSSR count). The van der Waals surface area contributed by atoms with Crippen LogP contribution >= 0.6 is 0 Å². The summed E-state index contributed by atoms with van der Waals surface area (Å²) in [5, 5.41) is 21.9. The van der Waals surface area contributed by atoms with Gasteiger partial charge in [-0.15, -0.1) is 0 Å². The summed E-state index contributed by atoms with van der Waals surface area (Å²) >= 11 is 0. The van der Waals surface area contributed by atoms with Gasteiger partial charge in [0.25, 0.3) is 0 Å². The van der Waals surface area contributed by atoms with Crippen molar-refractivity contribution in [2.24, 2.45) is 34.5 Å². The minimum Gasteiger partial charge on any atom is -0.390 e. The molecule has 4 saturated carbocycles. The van der Waals surface area contributed by atoms with Crippen molar-refractivity contribution in [1.82, 2.24) is 0 Å². The molecule has 4 fully saturated rings. The molecule has 0 aromatic carbocycles. The Balaban J connectivity index is 1.74. The van der Waals surface area contributed by atoms with Crippen LogP contribution in [0.2, 0.25) is 0 Å². The van der Waals surface area contributed by atoms with Crippen LogP contribution in [0.5, 0.6) is 0 Å². The molecule has 2 heteroatoms. The molecule has 0 spiro atoms. The van der Waals surface area contributed by atoms with Gasteiger partial charge in [-0.1, -0.05) is 38.8 Å². The molecule has 0 aromatic heterocycles. The van der Waals surface area contributed by atoms with Crippen LogP contribution in [0.1, 0.15) is 65.2 Å². The summed E-state index contributed by atoms with van der Waals surface area (Å²) in [6.45, 7) is 9.15. The molecule has 4 aliphatic rings. The van der Waals surface area contributed by atoms with Crippen LogP contribution in [0.4, 0.5) is 0 Å². The van der Waals surface area contributed by atoms with E-state index in [2.05, 4.69) is 20.4 Å². The second-order valence-electron chi connectivity index (χ2n) is 9.23. The average molecular weight is 304 g/mol. The van der Waals surface area contributed by atoms with E-state index in [1.807, 2.05) is 0 Å². The van der Waals surface area contributed by atoms with Gasteiger partial charge >= 0.3 is 0 Å². The van der Waals surface area contributed by atoms with E-state index in [9.17, 15) is 10.2 Å².